The second-order valence-corrected chi connectivity index (χ2v) is 4.56. The molecule has 0 spiro atoms. The monoisotopic (exact) mass is 257 g/mol. The molecule has 0 radical (unpaired) electrons. The van der Waals surface area contributed by atoms with Crippen LogP contribution in [-0.2, 0) is 4.79 Å². The number of aromatic nitrogens is 1. The van der Waals surface area contributed by atoms with Crippen molar-refractivity contribution in [1.29, 1.82) is 5.26 Å². The van der Waals surface area contributed by atoms with Crippen LogP contribution in [0.4, 0.5) is 5.69 Å². The Morgan fingerprint density at radius 3 is 3.17 bits per heavy atom. The van der Waals surface area contributed by atoms with Gasteiger partial charge in [0.25, 0.3) is 5.91 Å². The highest BCUT2D eigenvalue weighted by molar-refractivity contribution is 7.10. The van der Waals surface area contributed by atoms with Gasteiger partial charge < -0.3 is 10.1 Å². The summed E-state index contributed by atoms with van der Waals surface area (Å²) in [4.78, 5) is 15.4. The van der Waals surface area contributed by atoms with Crippen molar-refractivity contribution in [2.24, 2.45) is 0 Å². The zero-order valence-corrected chi connectivity index (χ0v) is 9.95. The number of thiazole rings is 1. The second kappa shape index (κ2) is 4.13. The quantitative estimate of drug-likeness (QED) is 0.848. The molecule has 1 aliphatic rings. The Balaban J connectivity index is 2.01. The number of hydrogen-bond donors (Lipinski definition) is 1. The third-order valence-electron chi connectivity index (χ3n) is 2.51. The molecule has 0 saturated carbocycles. The normalized spacial score (nSPS) is 13.2. The predicted molar refractivity (Wildman–Crippen MR) is 66.4 cm³/mol. The van der Waals surface area contributed by atoms with Gasteiger partial charge in [0, 0.05) is 10.9 Å². The van der Waals surface area contributed by atoms with Gasteiger partial charge in [0.05, 0.1) is 11.4 Å². The molecule has 5 nitrogen and oxygen atoms in total. The summed E-state index contributed by atoms with van der Waals surface area (Å²) in [6.07, 6.45) is 0. The molecule has 88 valence electrons. The molecule has 3 rings (SSSR count). The minimum absolute atomic E-state index is 0.0433. The Bertz CT molecular complexity index is 672. The van der Waals surface area contributed by atoms with Crippen molar-refractivity contribution < 1.29 is 9.53 Å². The van der Waals surface area contributed by atoms with Crippen LogP contribution in [0.3, 0.4) is 0 Å². The van der Waals surface area contributed by atoms with Crippen molar-refractivity contribution in [2.75, 3.05) is 11.9 Å². The highest BCUT2D eigenvalue weighted by Crippen LogP contribution is 2.32. The first kappa shape index (κ1) is 10.7. The summed E-state index contributed by atoms with van der Waals surface area (Å²) in [5.41, 5.74) is 2.20. The van der Waals surface area contributed by atoms with Crippen molar-refractivity contribution >= 4 is 22.9 Å². The minimum Gasteiger partial charge on any atom is -0.482 e. The molecule has 1 aromatic carbocycles. The Morgan fingerprint density at radius 1 is 1.50 bits per heavy atom. The molecule has 1 amide bonds. The number of nitrogens with zero attached hydrogens (tertiary/aromatic N) is 2. The molecule has 0 unspecified atom stereocenters. The van der Waals surface area contributed by atoms with Crippen molar-refractivity contribution in [3.8, 4) is 23.1 Å². The average Bonchev–Trinajstić information content (AvgIpc) is 2.86. The Hall–Kier alpha value is -2.39. The Morgan fingerprint density at radius 2 is 2.39 bits per heavy atom. The number of amides is 1. The van der Waals surface area contributed by atoms with Crippen LogP contribution >= 0.6 is 11.3 Å². The molecule has 6 heteroatoms. The number of carbonyl (C=O) groups is 1. The summed E-state index contributed by atoms with van der Waals surface area (Å²) in [5, 5.41) is 13.7. The summed E-state index contributed by atoms with van der Waals surface area (Å²) in [7, 11) is 0. The number of hydrogen-bond acceptors (Lipinski definition) is 5. The molecule has 0 bridgehead atoms. The van der Waals surface area contributed by atoms with E-state index in [1.54, 1.807) is 12.1 Å². The number of ether oxygens (including phenoxy) is 1. The van der Waals surface area contributed by atoms with E-state index in [2.05, 4.69) is 10.3 Å². The van der Waals surface area contributed by atoms with E-state index >= 15 is 0 Å². The van der Waals surface area contributed by atoms with Crippen LogP contribution in [0.5, 0.6) is 5.75 Å². The van der Waals surface area contributed by atoms with E-state index in [-0.39, 0.29) is 12.5 Å². The Kier molecular flexibility index (Phi) is 2.46. The zero-order chi connectivity index (χ0) is 12.5. The van der Waals surface area contributed by atoms with Crippen LogP contribution in [0.25, 0.3) is 11.3 Å². The van der Waals surface area contributed by atoms with Gasteiger partial charge in [-0.25, -0.2) is 4.98 Å². The molecule has 0 aliphatic carbocycles. The van der Waals surface area contributed by atoms with Gasteiger partial charge in [-0.15, -0.1) is 11.3 Å². The molecule has 2 heterocycles. The molecule has 0 saturated heterocycles. The number of fused-ring (bicyclic) bond motifs is 1. The summed E-state index contributed by atoms with van der Waals surface area (Å²) in [6.45, 7) is 0.0433. The van der Waals surface area contributed by atoms with Crippen molar-refractivity contribution in [1.82, 2.24) is 4.98 Å². The van der Waals surface area contributed by atoms with Gasteiger partial charge in [-0.05, 0) is 18.2 Å². The number of carbonyl (C=O) groups excluding carboxylic acids is 1. The molecule has 0 atom stereocenters. The number of nitrogens with one attached hydrogen (secondary N) is 1. The van der Waals surface area contributed by atoms with Gasteiger partial charge in [0.1, 0.15) is 11.8 Å². The molecule has 2 aromatic rings. The second-order valence-electron chi connectivity index (χ2n) is 3.70. The topological polar surface area (TPSA) is 75.0 Å². The van der Waals surface area contributed by atoms with E-state index in [9.17, 15) is 4.79 Å². The maximum Gasteiger partial charge on any atom is 0.262 e. The maximum absolute atomic E-state index is 11.2. The molecule has 1 N–H and O–H groups in total. The lowest BCUT2D eigenvalue weighted by Crippen LogP contribution is -2.25. The molecule has 18 heavy (non-hydrogen) atoms. The summed E-state index contributed by atoms with van der Waals surface area (Å²) < 4.78 is 5.27. The fourth-order valence-corrected chi connectivity index (χ4v) is 2.32. The highest BCUT2D eigenvalue weighted by Gasteiger charge is 2.16. The van der Waals surface area contributed by atoms with Crippen LogP contribution in [0.15, 0.2) is 23.6 Å². The standard InChI is InChI=1S/C12H7N3O2S/c13-4-12-15-9(6-18-12)7-1-2-10-8(3-7)14-11(16)5-17-10/h1-3,6H,5H2,(H,14,16). The van der Waals surface area contributed by atoms with Crippen LogP contribution in [0.1, 0.15) is 5.01 Å². The van der Waals surface area contributed by atoms with Gasteiger partial charge in [0.15, 0.2) is 11.6 Å². The lowest BCUT2D eigenvalue weighted by atomic mass is 10.1. The highest BCUT2D eigenvalue weighted by atomic mass is 32.1. The van der Waals surface area contributed by atoms with E-state index in [1.807, 2.05) is 17.5 Å². The smallest absolute Gasteiger partial charge is 0.262 e. The summed E-state index contributed by atoms with van der Waals surface area (Å²) in [5.74, 6) is 0.477. The number of anilines is 1. The molecule has 1 aliphatic heterocycles. The average molecular weight is 257 g/mol. The fourth-order valence-electron chi connectivity index (χ4n) is 1.70. The van der Waals surface area contributed by atoms with Gasteiger partial charge in [-0.2, -0.15) is 5.26 Å². The predicted octanol–water partition coefficient (Wildman–Crippen LogP) is 2.01. The molecular weight excluding hydrogens is 250 g/mol. The number of benzene rings is 1. The van der Waals surface area contributed by atoms with Crippen molar-refractivity contribution in [3.05, 3.63) is 28.6 Å². The van der Waals surface area contributed by atoms with Crippen LogP contribution < -0.4 is 10.1 Å². The lowest BCUT2D eigenvalue weighted by Gasteiger charge is -2.18. The van der Waals surface area contributed by atoms with Crippen LogP contribution in [0.2, 0.25) is 0 Å². The third-order valence-corrected chi connectivity index (χ3v) is 3.25. The molecular formula is C12H7N3O2S. The van der Waals surface area contributed by atoms with E-state index in [1.165, 1.54) is 11.3 Å². The number of nitriles is 1. The third kappa shape index (κ3) is 1.81. The molecule has 0 fully saturated rings. The SMILES string of the molecule is N#Cc1nc(-c2ccc3c(c2)NC(=O)CO3)cs1. The Labute approximate surface area is 107 Å². The first-order valence-electron chi connectivity index (χ1n) is 5.19. The van der Waals surface area contributed by atoms with Gasteiger partial charge in [-0.3, -0.25) is 4.79 Å². The first-order chi connectivity index (χ1) is 8.76. The van der Waals surface area contributed by atoms with Gasteiger partial charge in [-0.1, -0.05) is 0 Å². The zero-order valence-electron chi connectivity index (χ0n) is 9.14. The van der Waals surface area contributed by atoms with E-state index in [4.69, 9.17) is 10.00 Å². The van der Waals surface area contributed by atoms with Crippen molar-refractivity contribution in [3.63, 3.8) is 0 Å². The summed E-state index contributed by atoms with van der Waals surface area (Å²) in [6, 6.07) is 7.43. The molecule has 1 aromatic heterocycles. The first-order valence-corrected chi connectivity index (χ1v) is 6.07. The van der Waals surface area contributed by atoms with Crippen LogP contribution in [0, 0.1) is 11.3 Å². The maximum atomic E-state index is 11.2. The minimum atomic E-state index is -0.171. The van der Waals surface area contributed by atoms with E-state index in [0.717, 1.165) is 11.3 Å². The fraction of sp³-hybridized carbons (Fsp3) is 0.0833. The van der Waals surface area contributed by atoms with Gasteiger partial charge in [0.2, 0.25) is 0 Å². The van der Waals surface area contributed by atoms with Crippen LogP contribution in [-0.4, -0.2) is 17.5 Å². The van der Waals surface area contributed by atoms with Gasteiger partial charge >= 0.3 is 0 Å². The largest absolute Gasteiger partial charge is 0.482 e. The van der Waals surface area contributed by atoms with E-state index in [0.29, 0.717) is 16.4 Å². The lowest BCUT2D eigenvalue weighted by molar-refractivity contribution is -0.118. The number of rotatable bonds is 1. The van der Waals surface area contributed by atoms with Crippen molar-refractivity contribution in [2.45, 2.75) is 0 Å². The van der Waals surface area contributed by atoms with E-state index < -0.39 is 0 Å². The summed E-state index contributed by atoms with van der Waals surface area (Å²) >= 11 is 1.29.